The molecule has 3 aromatic rings. The average Bonchev–Trinajstić information content (AvgIpc) is 3.02. The van der Waals surface area contributed by atoms with E-state index in [0.717, 1.165) is 22.2 Å². The zero-order valence-corrected chi connectivity index (χ0v) is 14.5. The van der Waals surface area contributed by atoms with E-state index in [1.165, 1.54) is 31.4 Å². The summed E-state index contributed by atoms with van der Waals surface area (Å²) in [5, 5.41) is 20.6. The van der Waals surface area contributed by atoms with Crippen molar-refractivity contribution in [3.8, 4) is 11.8 Å². The summed E-state index contributed by atoms with van der Waals surface area (Å²) in [6, 6.07) is 10.3. The second-order valence-corrected chi connectivity index (χ2v) is 5.89. The predicted octanol–water partition coefficient (Wildman–Crippen LogP) is 4.16. The molecule has 1 heterocycles. The van der Waals surface area contributed by atoms with E-state index in [0.29, 0.717) is 17.1 Å². The van der Waals surface area contributed by atoms with Gasteiger partial charge < -0.3 is 9.72 Å². The van der Waals surface area contributed by atoms with Gasteiger partial charge in [0.2, 0.25) is 0 Å². The number of benzene rings is 2. The van der Waals surface area contributed by atoms with Crippen molar-refractivity contribution >= 4 is 28.4 Å². The van der Waals surface area contributed by atoms with Gasteiger partial charge in [-0.15, -0.1) is 0 Å². The number of ether oxygens (including phenoxy) is 1. The van der Waals surface area contributed by atoms with Crippen LogP contribution < -0.4 is 4.74 Å². The molecule has 3 rings (SSSR count). The van der Waals surface area contributed by atoms with E-state index in [9.17, 15) is 15.4 Å². The Labute approximate surface area is 149 Å². The van der Waals surface area contributed by atoms with Crippen molar-refractivity contribution in [1.29, 1.82) is 5.26 Å². The van der Waals surface area contributed by atoms with E-state index in [1.54, 1.807) is 0 Å². The number of aromatic nitrogens is 2. The standard InChI is InChI=1S/C19H16N4O3/c1-11-6-16-17(7-12(11)2)22-19(21-16)14(10-20)8-13-9-15(23(24)25)4-5-18(13)26-3/h4-9H,1-3H3,(H,21,22). The molecule has 0 radical (unpaired) electrons. The fraction of sp³-hybridized carbons (Fsp3) is 0.158. The molecule has 1 N–H and O–H groups in total. The van der Waals surface area contributed by atoms with Crippen molar-refractivity contribution in [2.45, 2.75) is 13.8 Å². The molecule has 0 amide bonds. The minimum Gasteiger partial charge on any atom is -0.496 e. The van der Waals surface area contributed by atoms with Crippen LogP contribution in [0.4, 0.5) is 5.69 Å². The molecule has 0 fully saturated rings. The Morgan fingerprint density at radius 3 is 2.69 bits per heavy atom. The number of nitrogens with zero attached hydrogens (tertiary/aromatic N) is 3. The molecule has 7 nitrogen and oxygen atoms in total. The van der Waals surface area contributed by atoms with Gasteiger partial charge in [-0.1, -0.05) is 0 Å². The van der Waals surface area contributed by atoms with Gasteiger partial charge in [-0.2, -0.15) is 5.26 Å². The lowest BCUT2D eigenvalue weighted by Gasteiger charge is -2.04. The van der Waals surface area contributed by atoms with Crippen LogP contribution in [0.15, 0.2) is 30.3 Å². The van der Waals surface area contributed by atoms with Gasteiger partial charge in [-0.3, -0.25) is 10.1 Å². The highest BCUT2D eigenvalue weighted by molar-refractivity contribution is 5.91. The number of non-ortho nitro benzene ring substituents is 1. The van der Waals surface area contributed by atoms with Gasteiger partial charge in [0.25, 0.3) is 5.69 Å². The number of nitro groups is 1. The third kappa shape index (κ3) is 3.13. The summed E-state index contributed by atoms with van der Waals surface area (Å²) in [5.41, 5.74) is 4.44. The molecule has 26 heavy (non-hydrogen) atoms. The maximum atomic E-state index is 11.0. The van der Waals surface area contributed by atoms with E-state index in [4.69, 9.17) is 4.74 Å². The average molecular weight is 348 g/mol. The quantitative estimate of drug-likeness (QED) is 0.433. The number of allylic oxidation sites excluding steroid dienone is 1. The molecule has 0 saturated carbocycles. The van der Waals surface area contributed by atoms with E-state index in [2.05, 4.69) is 16.0 Å². The maximum Gasteiger partial charge on any atom is 0.270 e. The fourth-order valence-electron chi connectivity index (χ4n) is 2.65. The lowest BCUT2D eigenvalue weighted by atomic mass is 10.1. The van der Waals surface area contributed by atoms with Crippen LogP contribution in [0.1, 0.15) is 22.5 Å². The summed E-state index contributed by atoms with van der Waals surface area (Å²) in [6.07, 6.45) is 1.53. The van der Waals surface area contributed by atoms with Gasteiger partial charge in [-0.05, 0) is 49.2 Å². The molecule has 130 valence electrons. The monoisotopic (exact) mass is 348 g/mol. The Balaban J connectivity index is 2.13. The Morgan fingerprint density at radius 1 is 1.31 bits per heavy atom. The molecule has 0 atom stereocenters. The van der Waals surface area contributed by atoms with Crippen molar-refractivity contribution in [3.05, 3.63) is 63.0 Å². The zero-order chi connectivity index (χ0) is 18.8. The molecule has 0 aliphatic heterocycles. The van der Waals surface area contributed by atoms with E-state index >= 15 is 0 Å². The number of aromatic amines is 1. The van der Waals surface area contributed by atoms with Gasteiger partial charge >= 0.3 is 0 Å². The lowest BCUT2D eigenvalue weighted by molar-refractivity contribution is -0.384. The van der Waals surface area contributed by atoms with Crippen LogP contribution in [-0.4, -0.2) is 22.0 Å². The predicted molar refractivity (Wildman–Crippen MR) is 98.7 cm³/mol. The number of H-pyrrole nitrogens is 1. The third-order valence-electron chi connectivity index (χ3n) is 4.20. The van der Waals surface area contributed by atoms with Gasteiger partial charge in [-0.25, -0.2) is 4.98 Å². The van der Waals surface area contributed by atoms with Crippen LogP contribution in [0.25, 0.3) is 22.7 Å². The molecule has 0 aliphatic rings. The highest BCUT2D eigenvalue weighted by Gasteiger charge is 2.14. The number of hydrogen-bond donors (Lipinski definition) is 1. The first-order valence-corrected chi connectivity index (χ1v) is 7.84. The number of nitro benzene ring substituents is 1. The van der Waals surface area contributed by atoms with Crippen molar-refractivity contribution in [2.24, 2.45) is 0 Å². The number of aryl methyl sites for hydroxylation is 2. The summed E-state index contributed by atoms with van der Waals surface area (Å²) >= 11 is 0. The smallest absolute Gasteiger partial charge is 0.270 e. The molecule has 0 aliphatic carbocycles. The topological polar surface area (TPSA) is 105 Å². The highest BCUT2D eigenvalue weighted by Crippen LogP contribution is 2.28. The number of rotatable bonds is 4. The van der Waals surface area contributed by atoms with Gasteiger partial charge in [0, 0.05) is 17.7 Å². The van der Waals surface area contributed by atoms with Crippen LogP contribution in [0.2, 0.25) is 0 Å². The Hall–Kier alpha value is -3.66. The second kappa shape index (κ2) is 6.69. The molecule has 0 unspecified atom stereocenters. The van der Waals surface area contributed by atoms with Gasteiger partial charge in [0.15, 0.2) is 0 Å². The number of methoxy groups -OCH3 is 1. The van der Waals surface area contributed by atoms with Crippen molar-refractivity contribution in [2.75, 3.05) is 7.11 Å². The Morgan fingerprint density at radius 2 is 2.04 bits per heavy atom. The highest BCUT2D eigenvalue weighted by atomic mass is 16.6. The molecule has 1 aromatic heterocycles. The molecule has 7 heteroatoms. The molecule has 0 saturated heterocycles. The van der Waals surface area contributed by atoms with Crippen LogP contribution >= 0.6 is 0 Å². The van der Waals surface area contributed by atoms with Crippen LogP contribution in [0.5, 0.6) is 5.75 Å². The molecular formula is C19H16N4O3. The summed E-state index contributed by atoms with van der Waals surface area (Å²) in [5.74, 6) is 0.840. The van der Waals surface area contributed by atoms with Crippen LogP contribution in [0, 0.1) is 35.3 Å². The molecule has 2 aromatic carbocycles. The number of fused-ring (bicyclic) bond motifs is 1. The van der Waals surface area contributed by atoms with Gasteiger partial charge in [0.05, 0.1) is 28.6 Å². The lowest BCUT2D eigenvalue weighted by Crippen LogP contribution is -1.93. The minimum atomic E-state index is -0.491. The number of hydrogen-bond acceptors (Lipinski definition) is 5. The SMILES string of the molecule is COc1ccc([N+](=O)[O-])cc1C=C(C#N)c1nc2cc(C)c(C)cc2[nH]1. The first-order valence-electron chi connectivity index (χ1n) is 7.84. The summed E-state index contributed by atoms with van der Waals surface area (Å²) in [6.45, 7) is 4.00. The molecule has 0 bridgehead atoms. The zero-order valence-electron chi connectivity index (χ0n) is 14.5. The number of imidazole rings is 1. The molecule has 0 spiro atoms. The van der Waals surface area contributed by atoms with E-state index in [-0.39, 0.29) is 11.3 Å². The third-order valence-corrected chi connectivity index (χ3v) is 4.20. The maximum absolute atomic E-state index is 11.0. The van der Waals surface area contributed by atoms with Gasteiger partial charge in [0.1, 0.15) is 17.6 Å². The minimum absolute atomic E-state index is 0.0785. The normalized spacial score (nSPS) is 11.4. The summed E-state index contributed by atoms with van der Waals surface area (Å²) in [7, 11) is 1.47. The fourth-order valence-corrected chi connectivity index (χ4v) is 2.65. The van der Waals surface area contributed by atoms with E-state index < -0.39 is 4.92 Å². The first-order chi connectivity index (χ1) is 12.4. The van der Waals surface area contributed by atoms with Crippen LogP contribution in [-0.2, 0) is 0 Å². The first kappa shape index (κ1) is 17.2. The van der Waals surface area contributed by atoms with E-state index in [1.807, 2.05) is 26.0 Å². The second-order valence-electron chi connectivity index (χ2n) is 5.89. The van der Waals surface area contributed by atoms with Crippen molar-refractivity contribution in [1.82, 2.24) is 9.97 Å². The summed E-state index contributed by atoms with van der Waals surface area (Å²) in [4.78, 5) is 18.1. The molecular weight excluding hydrogens is 332 g/mol. The summed E-state index contributed by atoms with van der Waals surface area (Å²) < 4.78 is 5.24. The van der Waals surface area contributed by atoms with Crippen molar-refractivity contribution < 1.29 is 9.66 Å². The number of nitrogens with one attached hydrogen (secondary N) is 1. The largest absolute Gasteiger partial charge is 0.496 e. The number of nitriles is 1. The Bertz CT molecular complexity index is 1050. The van der Waals surface area contributed by atoms with Crippen LogP contribution in [0.3, 0.4) is 0 Å². The van der Waals surface area contributed by atoms with Crippen molar-refractivity contribution in [3.63, 3.8) is 0 Å². The Kier molecular flexibility index (Phi) is 4.42.